The SMILES string of the molecule is CCOc1ccc(NC(=O)CNc2ccc(NC(C)=O)cc2)cc1. The lowest BCUT2D eigenvalue weighted by molar-refractivity contribution is -0.115. The normalized spacial score (nSPS) is 9.92. The van der Waals surface area contributed by atoms with E-state index in [-0.39, 0.29) is 18.4 Å². The largest absolute Gasteiger partial charge is 0.494 e. The summed E-state index contributed by atoms with van der Waals surface area (Å²) in [5.74, 6) is 0.503. The summed E-state index contributed by atoms with van der Waals surface area (Å²) in [5, 5.41) is 8.52. The maximum Gasteiger partial charge on any atom is 0.243 e. The highest BCUT2D eigenvalue weighted by atomic mass is 16.5. The summed E-state index contributed by atoms with van der Waals surface area (Å²) in [6.07, 6.45) is 0. The second-order valence-corrected chi connectivity index (χ2v) is 5.12. The molecule has 2 aromatic rings. The van der Waals surface area contributed by atoms with Crippen molar-refractivity contribution >= 4 is 28.9 Å². The van der Waals surface area contributed by atoms with Gasteiger partial charge in [-0.15, -0.1) is 0 Å². The summed E-state index contributed by atoms with van der Waals surface area (Å²) < 4.78 is 5.35. The van der Waals surface area contributed by atoms with Crippen LogP contribution >= 0.6 is 0 Å². The van der Waals surface area contributed by atoms with Crippen LogP contribution in [0.3, 0.4) is 0 Å². The van der Waals surface area contributed by atoms with Gasteiger partial charge in [0, 0.05) is 24.0 Å². The molecule has 6 nitrogen and oxygen atoms in total. The molecule has 2 amide bonds. The van der Waals surface area contributed by atoms with Crippen LogP contribution in [0.15, 0.2) is 48.5 Å². The number of carbonyl (C=O) groups excluding carboxylic acids is 2. The monoisotopic (exact) mass is 327 g/mol. The second kappa shape index (κ2) is 8.57. The summed E-state index contributed by atoms with van der Waals surface area (Å²) >= 11 is 0. The second-order valence-electron chi connectivity index (χ2n) is 5.12. The van der Waals surface area contributed by atoms with Gasteiger partial charge in [0.2, 0.25) is 11.8 Å². The Kier molecular flexibility index (Phi) is 6.19. The van der Waals surface area contributed by atoms with Crippen LogP contribution in [0.4, 0.5) is 17.1 Å². The molecule has 3 N–H and O–H groups in total. The molecule has 0 fully saturated rings. The highest BCUT2D eigenvalue weighted by Crippen LogP contribution is 2.16. The number of nitrogens with one attached hydrogen (secondary N) is 3. The van der Waals surface area contributed by atoms with Gasteiger partial charge in [-0.1, -0.05) is 0 Å². The number of benzene rings is 2. The van der Waals surface area contributed by atoms with Crippen molar-refractivity contribution in [1.82, 2.24) is 0 Å². The lowest BCUT2D eigenvalue weighted by atomic mass is 10.2. The fourth-order valence-electron chi connectivity index (χ4n) is 2.06. The van der Waals surface area contributed by atoms with Crippen molar-refractivity contribution in [2.24, 2.45) is 0 Å². The standard InChI is InChI=1S/C18H21N3O3/c1-3-24-17-10-8-16(9-11-17)21-18(23)12-19-14-4-6-15(7-5-14)20-13(2)22/h4-11,19H,3,12H2,1-2H3,(H,20,22)(H,21,23). The van der Waals surface area contributed by atoms with Crippen LogP contribution in [-0.4, -0.2) is 25.0 Å². The molecular weight excluding hydrogens is 306 g/mol. The molecule has 2 aromatic carbocycles. The molecule has 0 spiro atoms. The molecule has 0 radical (unpaired) electrons. The summed E-state index contributed by atoms with van der Waals surface area (Å²) in [6, 6.07) is 14.4. The van der Waals surface area contributed by atoms with Gasteiger partial charge in [0.15, 0.2) is 0 Å². The minimum absolute atomic E-state index is 0.120. The molecule has 24 heavy (non-hydrogen) atoms. The third-order valence-corrected chi connectivity index (χ3v) is 3.11. The molecule has 0 saturated heterocycles. The van der Waals surface area contributed by atoms with E-state index in [4.69, 9.17) is 4.74 Å². The number of amides is 2. The van der Waals surface area contributed by atoms with E-state index in [2.05, 4.69) is 16.0 Å². The Morgan fingerprint density at radius 1 is 0.875 bits per heavy atom. The van der Waals surface area contributed by atoms with Gasteiger partial charge in [-0.25, -0.2) is 0 Å². The van der Waals surface area contributed by atoms with Crippen molar-refractivity contribution in [3.63, 3.8) is 0 Å². The highest BCUT2D eigenvalue weighted by Gasteiger charge is 2.03. The van der Waals surface area contributed by atoms with Crippen molar-refractivity contribution < 1.29 is 14.3 Å². The molecular formula is C18H21N3O3. The molecule has 0 unspecified atom stereocenters. The van der Waals surface area contributed by atoms with E-state index >= 15 is 0 Å². The first kappa shape index (κ1) is 17.3. The number of hydrogen-bond donors (Lipinski definition) is 3. The van der Waals surface area contributed by atoms with E-state index < -0.39 is 0 Å². The van der Waals surface area contributed by atoms with Crippen LogP contribution in [0, 0.1) is 0 Å². The first-order valence-corrected chi connectivity index (χ1v) is 7.71. The Hall–Kier alpha value is -3.02. The fraction of sp³-hybridized carbons (Fsp3) is 0.222. The van der Waals surface area contributed by atoms with E-state index in [1.807, 2.05) is 19.1 Å². The van der Waals surface area contributed by atoms with E-state index in [1.165, 1.54) is 6.92 Å². The molecule has 0 saturated carbocycles. The van der Waals surface area contributed by atoms with Crippen molar-refractivity contribution in [2.75, 3.05) is 29.1 Å². The first-order valence-electron chi connectivity index (χ1n) is 7.71. The van der Waals surface area contributed by atoms with Gasteiger partial charge in [0.05, 0.1) is 13.2 Å². The Morgan fingerprint density at radius 2 is 1.42 bits per heavy atom. The molecule has 2 rings (SSSR count). The maximum absolute atomic E-state index is 11.9. The zero-order valence-electron chi connectivity index (χ0n) is 13.8. The van der Waals surface area contributed by atoms with Crippen LogP contribution in [0.5, 0.6) is 5.75 Å². The summed E-state index contributed by atoms with van der Waals surface area (Å²) in [6.45, 7) is 4.13. The molecule has 0 aliphatic rings. The van der Waals surface area contributed by atoms with E-state index in [1.54, 1.807) is 36.4 Å². The smallest absolute Gasteiger partial charge is 0.243 e. The third kappa shape index (κ3) is 5.64. The van der Waals surface area contributed by atoms with Crippen LogP contribution in [0.2, 0.25) is 0 Å². The number of rotatable bonds is 7. The van der Waals surface area contributed by atoms with Gasteiger partial charge in [-0.3, -0.25) is 9.59 Å². The number of carbonyl (C=O) groups is 2. The van der Waals surface area contributed by atoms with E-state index in [0.29, 0.717) is 18.0 Å². The van der Waals surface area contributed by atoms with Crippen molar-refractivity contribution in [3.8, 4) is 5.75 Å². The Labute approximate surface area is 141 Å². The summed E-state index contributed by atoms with van der Waals surface area (Å²) in [7, 11) is 0. The average Bonchev–Trinajstić information content (AvgIpc) is 2.56. The van der Waals surface area contributed by atoms with Crippen LogP contribution in [0.1, 0.15) is 13.8 Å². The van der Waals surface area contributed by atoms with Crippen molar-refractivity contribution in [2.45, 2.75) is 13.8 Å². The molecule has 0 atom stereocenters. The van der Waals surface area contributed by atoms with Gasteiger partial charge in [0.1, 0.15) is 5.75 Å². The summed E-state index contributed by atoms with van der Waals surface area (Å²) in [5.41, 5.74) is 2.23. The Bertz CT molecular complexity index is 682. The zero-order valence-corrected chi connectivity index (χ0v) is 13.8. The first-order chi connectivity index (χ1) is 11.6. The zero-order chi connectivity index (χ0) is 17.4. The Balaban J connectivity index is 1.81. The maximum atomic E-state index is 11.9. The lowest BCUT2D eigenvalue weighted by Gasteiger charge is -2.09. The predicted octanol–water partition coefficient (Wildman–Crippen LogP) is 3.09. The van der Waals surface area contributed by atoms with Crippen molar-refractivity contribution in [3.05, 3.63) is 48.5 Å². The molecule has 0 heterocycles. The quantitative estimate of drug-likeness (QED) is 0.730. The fourth-order valence-corrected chi connectivity index (χ4v) is 2.06. The minimum Gasteiger partial charge on any atom is -0.494 e. The molecule has 0 bridgehead atoms. The number of hydrogen-bond acceptors (Lipinski definition) is 4. The minimum atomic E-state index is -0.148. The summed E-state index contributed by atoms with van der Waals surface area (Å²) in [4.78, 5) is 22.9. The third-order valence-electron chi connectivity index (χ3n) is 3.11. The van der Waals surface area contributed by atoms with E-state index in [9.17, 15) is 9.59 Å². The molecule has 6 heteroatoms. The molecule has 0 aromatic heterocycles. The Morgan fingerprint density at radius 3 is 2.00 bits per heavy atom. The number of ether oxygens (including phenoxy) is 1. The topological polar surface area (TPSA) is 79.5 Å². The average molecular weight is 327 g/mol. The predicted molar refractivity (Wildman–Crippen MR) is 95.5 cm³/mol. The van der Waals surface area contributed by atoms with Gasteiger partial charge in [0.25, 0.3) is 0 Å². The number of anilines is 3. The molecule has 0 aliphatic carbocycles. The van der Waals surface area contributed by atoms with Gasteiger partial charge in [-0.2, -0.15) is 0 Å². The van der Waals surface area contributed by atoms with Crippen LogP contribution in [0.25, 0.3) is 0 Å². The van der Waals surface area contributed by atoms with Crippen LogP contribution < -0.4 is 20.7 Å². The van der Waals surface area contributed by atoms with Crippen molar-refractivity contribution in [1.29, 1.82) is 0 Å². The molecule has 126 valence electrons. The lowest BCUT2D eigenvalue weighted by Crippen LogP contribution is -2.21. The van der Waals surface area contributed by atoms with Gasteiger partial charge >= 0.3 is 0 Å². The van der Waals surface area contributed by atoms with Gasteiger partial charge in [-0.05, 0) is 55.5 Å². The van der Waals surface area contributed by atoms with Gasteiger partial charge < -0.3 is 20.7 Å². The van der Waals surface area contributed by atoms with E-state index in [0.717, 1.165) is 11.4 Å². The molecule has 0 aliphatic heterocycles. The highest BCUT2D eigenvalue weighted by molar-refractivity contribution is 5.94. The van der Waals surface area contributed by atoms with Crippen LogP contribution in [-0.2, 0) is 9.59 Å².